The zero-order valence-electron chi connectivity index (χ0n) is 12.8. The van der Waals surface area contributed by atoms with Crippen LogP contribution in [0.3, 0.4) is 0 Å². The highest BCUT2D eigenvalue weighted by atomic mass is 79.9. The van der Waals surface area contributed by atoms with Gasteiger partial charge in [-0.2, -0.15) is 4.98 Å². The Morgan fingerprint density at radius 3 is 2.71 bits per heavy atom. The van der Waals surface area contributed by atoms with Crippen molar-refractivity contribution in [3.8, 4) is 11.4 Å². The van der Waals surface area contributed by atoms with Crippen LogP contribution in [0.1, 0.15) is 45.4 Å². The molecule has 0 saturated heterocycles. The van der Waals surface area contributed by atoms with Crippen molar-refractivity contribution in [2.75, 3.05) is 6.54 Å². The molecule has 2 rings (SSSR count). The van der Waals surface area contributed by atoms with Crippen LogP contribution >= 0.6 is 15.9 Å². The maximum absolute atomic E-state index is 5.51. The van der Waals surface area contributed by atoms with Gasteiger partial charge in [-0.25, -0.2) is 0 Å². The highest BCUT2D eigenvalue weighted by Crippen LogP contribution is 2.28. The zero-order chi connectivity index (χ0) is 15.2. The van der Waals surface area contributed by atoms with Gasteiger partial charge in [0.05, 0.1) is 5.92 Å². The topological polar surface area (TPSA) is 51.0 Å². The summed E-state index contributed by atoms with van der Waals surface area (Å²) >= 11 is 3.53. The standard InChI is InChI=1S/C16H22BrN3O/c1-4-10-18-11(3)12(5-2)16-19-15(20-21-16)13-8-6-7-9-14(13)17/h6-9,11-12,18H,4-5,10H2,1-3H3. The molecule has 2 atom stereocenters. The summed E-state index contributed by atoms with van der Waals surface area (Å²) in [4.78, 5) is 4.59. The number of nitrogens with one attached hydrogen (secondary N) is 1. The van der Waals surface area contributed by atoms with E-state index >= 15 is 0 Å². The lowest BCUT2D eigenvalue weighted by atomic mass is 9.98. The molecule has 1 aromatic heterocycles. The van der Waals surface area contributed by atoms with Crippen molar-refractivity contribution in [3.63, 3.8) is 0 Å². The van der Waals surface area contributed by atoms with Gasteiger partial charge in [0, 0.05) is 16.1 Å². The number of benzene rings is 1. The average molecular weight is 352 g/mol. The molecule has 1 aromatic carbocycles. The second-order valence-corrected chi connectivity index (χ2v) is 6.05. The van der Waals surface area contributed by atoms with Crippen molar-refractivity contribution >= 4 is 15.9 Å². The summed E-state index contributed by atoms with van der Waals surface area (Å²) in [6, 6.07) is 8.23. The summed E-state index contributed by atoms with van der Waals surface area (Å²) in [5.41, 5.74) is 0.955. The number of hydrogen-bond donors (Lipinski definition) is 1. The quantitative estimate of drug-likeness (QED) is 0.803. The molecule has 5 heteroatoms. The number of hydrogen-bond acceptors (Lipinski definition) is 4. The summed E-state index contributed by atoms with van der Waals surface area (Å²) in [6.45, 7) is 7.49. The van der Waals surface area contributed by atoms with Gasteiger partial charge >= 0.3 is 0 Å². The van der Waals surface area contributed by atoms with Crippen LogP contribution in [-0.4, -0.2) is 22.7 Å². The van der Waals surface area contributed by atoms with E-state index in [1.54, 1.807) is 0 Å². The highest BCUT2D eigenvalue weighted by Gasteiger charge is 2.23. The van der Waals surface area contributed by atoms with Crippen molar-refractivity contribution in [1.82, 2.24) is 15.5 Å². The van der Waals surface area contributed by atoms with Crippen molar-refractivity contribution in [2.45, 2.75) is 45.6 Å². The molecule has 0 spiro atoms. The first-order chi connectivity index (χ1) is 10.2. The minimum Gasteiger partial charge on any atom is -0.339 e. The predicted molar refractivity (Wildman–Crippen MR) is 88.2 cm³/mol. The summed E-state index contributed by atoms with van der Waals surface area (Å²) in [5, 5.41) is 7.64. The molecule has 0 aliphatic carbocycles. The summed E-state index contributed by atoms with van der Waals surface area (Å²) in [6.07, 6.45) is 2.09. The van der Waals surface area contributed by atoms with Gasteiger partial charge in [0.1, 0.15) is 0 Å². The van der Waals surface area contributed by atoms with Crippen LogP contribution in [0.5, 0.6) is 0 Å². The van der Waals surface area contributed by atoms with Gasteiger partial charge in [-0.15, -0.1) is 0 Å². The van der Waals surface area contributed by atoms with Gasteiger partial charge in [0.25, 0.3) is 0 Å². The first kappa shape index (κ1) is 16.2. The summed E-state index contributed by atoms with van der Waals surface area (Å²) in [5.74, 6) is 1.58. The fourth-order valence-electron chi connectivity index (χ4n) is 2.39. The van der Waals surface area contributed by atoms with E-state index in [9.17, 15) is 0 Å². The van der Waals surface area contributed by atoms with Gasteiger partial charge < -0.3 is 9.84 Å². The van der Waals surface area contributed by atoms with Gasteiger partial charge in [-0.3, -0.25) is 0 Å². The van der Waals surface area contributed by atoms with E-state index < -0.39 is 0 Å². The second kappa shape index (κ2) is 7.71. The molecule has 0 bridgehead atoms. The van der Waals surface area contributed by atoms with Crippen molar-refractivity contribution < 1.29 is 4.52 Å². The number of halogens is 1. The fraction of sp³-hybridized carbons (Fsp3) is 0.500. The number of rotatable bonds is 7. The molecule has 1 N–H and O–H groups in total. The van der Waals surface area contributed by atoms with Crippen LogP contribution in [0.2, 0.25) is 0 Å². The SMILES string of the molecule is CCCNC(C)C(CC)c1nc(-c2ccccc2Br)no1. The second-order valence-electron chi connectivity index (χ2n) is 5.19. The lowest BCUT2D eigenvalue weighted by Gasteiger charge is -2.20. The van der Waals surface area contributed by atoms with Gasteiger partial charge in [-0.05, 0) is 38.4 Å². The molecule has 1 heterocycles. The van der Waals surface area contributed by atoms with Crippen LogP contribution in [0.4, 0.5) is 0 Å². The fourth-order valence-corrected chi connectivity index (χ4v) is 2.86. The van der Waals surface area contributed by atoms with E-state index in [0.717, 1.165) is 29.4 Å². The van der Waals surface area contributed by atoms with Crippen LogP contribution < -0.4 is 5.32 Å². The monoisotopic (exact) mass is 351 g/mol. The summed E-state index contributed by atoms with van der Waals surface area (Å²) in [7, 11) is 0. The Bertz CT molecular complexity index is 570. The molecule has 0 fully saturated rings. The van der Waals surface area contributed by atoms with Gasteiger partial charge in [0.15, 0.2) is 0 Å². The van der Waals surface area contributed by atoms with Crippen LogP contribution in [0.15, 0.2) is 33.3 Å². The first-order valence-electron chi connectivity index (χ1n) is 7.49. The Balaban J connectivity index is 2.20. The molecule has 114 valence electrons. The number of nitrogens with zero attached hydrogens (tertiary/aromatic N) is 2. The molecule has 21 heavy (non-hydrogen) atoms. The molecule has 0 amide bonds. The third kappa shape index (κ3) is 3.92. The third-order valence-electron chi connectivity index (χ3n) is 3.63. The van der Waals surface area contributed by atoms with E-state index in [2.05, 4.69) is 52.2 Å². The maximum Gasteiger partial charge on any atom is 0.231 e. The highest BCUT2D eigenvalue weighted by molar-refractivity contribution is 9.10. The largest absolute Gasteiger partial charge is 0.339 e. The minimum atomic E-state index is 0.236. The van der Waals surface area contributed by atoms with Crippen LogP contribution in [0, 0.1) is 0 Å². The Morgan fingerprint density at radius 1 is 1.29 bits per heavy atom. The summed E-state index contributed by atoms with van der Waals surface area (Å²) < 4.78 is 6.48. The molecular formula is C16H22BrN3O. The van der Waals surface area contributed by atoms with E-state index in [-0.39, 0.29) is 5.92 Å². The Hall–Kier alpha value is -1.20. The van der Waals surface area contributed by atoms with E-state index in [1.807, 2.05) is 24.3 Å². The van der Waals surface area contributed by atoms with Gasteiger partial charge in [0.2, 0.25) is 11.7 Å². The van der Waals surface area contributed by atoms with Gasteiger partial charge in [-0.1, -0.05) is 47.1 Å². The Morgan fingerprint density at radius 2 is 2.05 bits per heavy atom. The Labute approximate surface area is 134 Å². The molecule has 4 nitrogen and oxygen atoms in total. The molecule has 0 radical (unpaired) electrons. The molecule has 2 unspecified atom stereocenters. The molecule has 0 aliphatic heterocycles. The molecular weight excluding hydrogens is 330 g/mol. The van der Waals surface area contributed by atoms with E-state index in [1.165, 1.54) is 0 Å². The number of aromatic nitrogens is 2. The third-order valence-corrected chi connectivity index (χ3v) is 4.32. The molecule has 0 saturated carbocycles. The van der Waals surface area contributed by atoms with Crippen molar-refractivity contribution in [2.24, 2.45) is 0 Å². The lowest BCUT2D eigenvalue weighted by Crippen LogP contribution is -2.32. The maximum atomic E-state index is 5.51. The van der Waals surface area contributed by atoms with Crippen LogP contribution in [0.25, 0.3) is 11.4 Å². The Kier molecular flexibility index (Phi) is 5.94. The van der Waals surface area contributed by atoms with E-state index in [0.29, 0.717) is 17.8 Å². The molecule has 0 aliphatic rings. The smallest absolute Gasteiger partial charge is 0.231 e. The van der Waals surface area contributed by atoms with Crippen molar-refractivity contribution in [3.05, 3.63) is 34.6 Å². The average Bonchev–Trinajstić information content (AvgIpc) is 2.95. The zero-order valence-corrected chi connectivity index (χ0v) is 14.4. The minimum absolute atomic E-state index is 0.236. The normalized spacial score (nSPS) is 14.1. The first-order valence-corrected chi connectivity index (χ1v) is 8.28. The van der Waals surface area contributed by atoms with E-state index in [4.69, 9.17) is 4.52 Å². The van der Waals surface area contributed by atoms with Crippen LogP contribution in [-0.2, 0) is 0 Å². The molecule has 2 aromatic rings. The lowest BCUT2D eigenvalue weighted by molar-refractivity contribution is 0.316. The predicted octanol–water partition coefficient (Wildman–Crippen LogP) is 4.38. The van der Waals surface area contributed by atoms with Crippen molar-refractivity contribution in [1.29, 1.82) is 0 Å².